The number of benzene rings is 1. The number of rotatable bonds is 7. The maximum atomic E-state index is 13.6. The van der Waals surface area contributed by atoms with Gasteiger partial charge in [-0.2, -0.15) is 0 Å². The molecule has 41 heavy (non-hydrogen) atoms. The maximum Gasteiger partial charge on any atom is 0.326 e. The molecule has 0 spiro atoms. The van der Waals surface area contributed by atoms with E-state index in [2.05, 4.69) is 25.9 Å². The van der Waals surface area contributed by atoms with Crippen LogP contribution < -0.4 is 21.7 Å². The third-order valence-corrected chi connectivity index (χ3v) is 8.00. The average molecular weight is 568 g/mol. The number of likely N-dealkylation sites (tertiary alicyclic amines) is 1. The summed E-state index contributed by atoms with van der Waals surface area (Å²) in [6, 6.07) is 8.06. The molecule has 1 saturated carbocycles. The van der Waals surface area contributed by atoms with Crippen LogP contribution in [-0.2, 0) is 23.8 Å². The molecular formula is C27H33N7O7. The number of carboxylic acids is 1. The van der Waals surface area contributed by atoms with Crippen molar-refractivity contribution in [1.82, 2.24) is 20.2 Å². The molecule has 6 rings (SSSR count). The second kappa shape index (κ2) is 11.5. The highest BCUT2D eigenvalue weighted by atomic mass is 16.8. The minimum atomic E-state index is -1.12. The molecule has 3 amide bonds. The van der Waals surface area contributed by atoms with Gasteiger partial charge in [0.15, 0.2) is 30.3 Å². The first-order chi connectivity index (χ1) is 19.9. The van der Waals surface area contributed by atoms with Crippen LogP contribution in [0.2, 0.25) is 0 Å². The lowest BCUT2D eigenvalue weighted by Gasteiger charge is -2.27. The summed E-state index contributed by atoms with van der Waals surface area (Å²) >= 11 is 0. The zero-order valence-corrected chi connectivity index (χ0v) is 22.3. The predicted octanol–water partition coefficient (Wildman–Crippen LogP) is 1.82. The maximum absolute atomic E-state index is 13.6. The molecule has 3 aliphatic heterocycles. The van der Waals surface area contributed by atoms with Gasteiger partial charge >= 0.3 is 12.0 Å². The van der Waals surface area contributed by atoms with Gasteiger partial charge in [-0.3, -0.25) is 10.1 Å². The molecule has 0 radical (unpaired) electrons. The SMILES string of the molecule is Nc1c(NC(=O)NC2CCCC2)ncnc1NC1OC(C(=O)N2CCCC2C(=O)O)C2OC(c3ccccc3)OC12. The standard InChI is InChI=1S/C27H33N7O7/c28-17-21(29-13-30-22(17)33-27(38)31-15-9-4-5-10-15)32-23-19-18(40-26(41-19)14-7-2-1-3-8-14)20(39-23)24(35)34-12-6-11-16(34)25(36)37/h1-3,7-8,13,15-16,18-20,23,26H,4-6,9-12,28H2,(H,36,37)(H3,29,30,31,32,33,38). The van der Waals surface area contributed by atoms with Gasteiger partial charge in [-0.15, -0.1) is 0 Å². The van der Waals surface area contributed by atoms with E-state index in [1.54, 1.807) is 0 Å². The Balaban J connectivity index is 1.21. The molecule has 6 atom stereocenters. The Morgan fingerprint density at radius 2 is 1.68 bits per heavy atom. The summed E-state index contributed by atoms with van der Waals surface area (Å²) in [6.45, 7) is 0.310. The molecule has 4 fully saturated rings. The van der Waals surface area contributed by atoms with Crippen molar-refractivity contribution in [3.63, 3.8) is 0 Å². The van der Waals surface area contributed by atoms with Gasteiger partial charge in [0.05, 0.1) is 0 Å². The van der Waals surface area contributed by atoms with E-state index in [-0.39, 0.29) is 23.4 Å². The van der Waals surface area contributed by atoms with Crippen LogP contribution in [0.3, 0.4) is 0 Å². The number of amides is 3. The van der Waals surface area contributed by atoms with E-state index in [9.17, 15) is 19.5 Å². The lowest BCUT2D eigenvalue weighted by atomic mass is 10.1. The first kappa shape index (κ1) is 27.2. The summed E-state index contributed by atoms with van der Waals surface area (Å²) < 4.78 is 18.5. The van der Waals surface area contributed by atoms with Gasteiger partial charge in [0.25, 0.3) is 5.91 Å². The minimum Gasteiger partial charge on any atom is -0.480 e. The summed E-state index contributed by atoms with van der Waals surface area (Å²) in [5, 5.41) is 18.3. The highest BCUT2D eigenvalue weighted by molar-refractivity contribution is 5.93. The smallest absolute Gasteiger partial charge is 0.326 e. The number of nitrogens with zero attached hydrogens (tertiary/aromatic N) is 3. The lowest BCUT2D eigenvalue weighted by molar-refractivity contribution is -0.164. The second-order valence-corrected chi connectivity index (χ2v) is 10.7. The quantitative estimate of drug-likeness (QED) is 0.328. The Morgan fingerprint density at radius 3 is 2.44 bits per heavy atom. The number of hydrogen-bond donors (Lipinski definition) is 5. The molecule has 6 unspecified atom stereocenters. The predicted molar refractivity (Wildman–Crippen MR) is 144 cm³/mol. The van der Waals surface area contributed by atoms with Crippen molar-refractivity contribution in [2.45, 2.75) is 81.4 Å². The molecule has 218 valence electrons. The largest absolute Gasteiger partial charge is 0.480 e. The van der Waals surface area contributed by atoms with Gasteiger partial charge in [-0.05, 0) is 25.7 Å². The van der Waals surface area contributed by atoms with Gasteiger partial charge in [-0.1, -0.05) is 43.2 Å². The molecule has 6 N–H and O–H groups in total. The van der Waals surface area contributed by atoms with Crippen molar-refractivity contribution in [1.29, 1.82) is 0 Å². The van der Waals surface area contributed by atoms with Crippen molar-refractivity contribution in [3.8, 4) is 0 Å². The molecule has 0 bridgehead atoms. The van der Waals surface area contributed by atoms with Crippen molar-refractivity contribution < 1.29 is 33.7 Å². The molecule has 1 aromatic carbocycles. The first-order valence-electron chi connectivity index (χ1n) is 13.9. The molecular weight excluding hydrogens is 534 g/mol. The molecule has 14 heteroatoms. The minimum absolute atomic E-state index is 0.0769. The number of anilines is 3. The zero-order valence-electron chi connectivity index (χ0n) is 22.3. The Morgan fingerprint density at radius 1 is 0.951 bits per heavy atom. The van der Waals surface area contributed by atoms with Crippen molar-refractivity contribution in [3.05, 3.63) is 42.2 Å². The van der Waals surface area contributed by atoms with Crippen LogP contribution in [0.4, 0.5) is 22.1 Å². The fourth-order valence-electron chi connectivity index (χ4n) is 5.95. The van der Waals surface area contributed by atoms with Crippen LogP contribution in [-0.4, -0.2) is 81.1 Å². The number of urea groups is 1. The van der Waals surface area contributed by atoms with E-state index in [4.69, 9.17) is 19.9 Å². The van der Waals surface area contributed by atoms with E-state index >= 15 is 0 Å². The average Bonchev–Trinajstić information content (AvgIpc) is 3.77. The van der Waals surface area contributed by atoms with Crippen molar-refractivity contribution in [2.24, 2.45) is 0 Å². The fourth-order valence-corrected chi connectivity index (χ4v) is 5.95. The van der Waals surface area contributed by atoms with Gasteiger partial charge in [0.1, 0.15) is 30.3 Å². The number of carbonyl (C=O) groups excluding carboxylic acids is 2. The van der Waals surface area contributed by atoms with Crippen LogP contribution >= 0.6 is 0 Å². The van der Waals surface area contributed by atoms with Crippen LogP contribution in [0, 0.1) is 0 Å². The van der Waals surface area contributed by atoms with Crippen LogP contribution in [0.25, 0.3) is 0 Å². The molecule has 1 aromatic heterocycles. The van der Waals surface area contributed by atoms with E-state index in [1.807, 2.05) is 30.3 Å². The molecule has 4 aliphatic rings. The van der Waals surface area contributed by atoms with Crippen molar-refractivity contribution in [2.75, 3.05) is 22.9 Å². The summed E-state index contributed by atoms with van der Waals surface area (Å²) in [5.74, 6) is -1.25. The number of nitrogens with one attached hydrogen (secondary N) is 3. The Hall–Kier alpha value is -4.01. The number of fused-ring (bicyclic) bond motifs is 1. The number of aliphatic carboxylic acids is 1. The third-order valence-electron chi connectivity index (χ3n) is 8.00. The first-order valence-corrected chi connectivity index (χ1v) is 13.9. The number of nitrogens with two attached hydrogens (primary N) is 1. The van der Waals surface area contributed by atoms with Crippen LogP contribution in [0.1, 0.15) is 50.4 Å². The number of carbonyl (C=O) groups is 3. The monoisotopic (exact) mass is 567 g/mol. The van der Waals surface area contributed by atoms with Crippen molar-refractivity contribution >= 4 is 35.2 Å². The zero-order chi connectivity index (χ0) is 28.5. The molecule has 4 heterocycles. The normalized spacial score (nSPS) is 29.3. The molecule has 14 nitrogen and oxygen atoms in total. The van der Waals surface area contributed by atoms with E-state index < -0.39 is 54.8 Å². The van der Waals surface area contributed by atoms with E-state index in [0.29, 0.717) is 19.4 Å². The summed E-state index contributed by atoms with van der Waals surface area (Å²) in [6.07, 6.45) is 1.83. The number of ether oxygens (including phenoxy) is 3. The van der Waals surface area contributed by atoms with E-state index in [1.165, 1.54) is 11.2 Å². The highest BCUT2D eigenvalue weighted by Crippen LogP contribution is 2.42. The summed E-state index contributed by atoms with van der Waals surface area (Å²) in [4.78, 5) is 47.5. The summed E-state index contributed by atoms with van der Waals surface area (Å²) in [7, 11) is 0. The second-order valence-electron chi connectivity index (χ2n) is 10.7. The highest BCUT2D eigenvalue weighted by Gasteiger charge is 2.57. The molecule has 3 saturated heterocycles. The number of carboxylic acid groups (broad SMARTS) is 1. The van der Waals surface area contributed by atoms with E-state index in [0.717, 1.165) is 31.2 Å². The topological polar surface area (TPSA) is 190 Å². The van der Waals surface area contributed by atoms with Gasteiger partial charge < -0.3 is 40.6 Å². The Labute approximate surface area is 235 Å². The summed E-state index contributed by atoms with van der Waals surface area (Å²) in [5.41, 5.74) is 7.16. The number of nitrogen functional groups attached to an aromatic ring is 1. The Kier molecular flexibility index (Phi) is 7.60. The van der Waals surface area contributed by atoms with Gasteiger partial charge in [-0.25, -0.2) is 19.6 Å². The third kappa shape index (κ3) is 5.49. The Bertz CT molecular complexity index is 1290. The molecule has 1 aliphatic carbocycles. The van der Waals surface area contributed by atoms with Gasteiger partial charge in [0, 0.05) is 18.2 Å². The number of hydrogen-bond acceptors (Lipinski definition) is 10. The fraction of sp³-hybridized carbons (Fsp3) is 0.519. The lowest BCUT2D eigenvalue weighted by Crippen LogP contribution is -2.49. The van der Waals surface area contributed by atoms with Gasteiger partial charge in [0.2, 0.25) is 0 Å². The number of aromatic nitrogens is 2. The molecule has 2 aromatic rings. The van der Waals surface area contributed by atoms with Crippen LogP contribution in [0.15, 0.2) is 36.7 Å². The van der Waals surface area contributed by atoms with Crippen LogP contribution in [0.5, 0.6) is 0 Å².